The summed E-state index contributed by atoms with van der Waals surface area (Å²) in [6.45, 7) is 27.2. The van der Waals surface area contributed by atoms with E-state index in [1.807, 2.05) is 42.5 Å². The predicted molar refractivity (Wildman–Crippen MR) is 499 cm³/mol. The van der Waals surface area contributed by atoms with E-state index >= 15 is 0 Å². The van der Waals surface area contributed by atoms with Crippen LogP contribution in [0.2, 0.25) is 0 Å². The number of aromatic nitrogens is 6. The number of rotatable bonds is 13. The number of phenols is 2. The maximum absolute atomic E-state index is 11.5. The van der Waals surface area contributed by atoms with Crippen molar-refractivity contribution in [1.29, 1.82) is 0 Å². The van der Waals surface area contributed by atoms with Crippen molar-refractivity contribution in [3.8, 4) is 146 Å². The second-order valence-corrected chi connectivity index (χ2v) is 35.9. The molecule has 0 fully saturated rings. The average Bonchev–Trinajstić information content (AvgIpc) is 1.59. The second kappa shape index (κ2) is 32.3. The van der Waals surface area contributed by atoms with Crippen molar-refractivity contribution in [1.82, 2.24) is 29.1 Å². The number of pyridine rings is 2. The number of hydrogen-bond acceptors (Lipinski definition) is 6. The molecule has 10 heteroatoms. The molecule has 0 spiro atoms. The molecule has 4 heterocycles. The molecule has 14 aromatic carbocycles. The Kier molecular flexibility index (Phi) is 21.7. The van der Waals surface area contributed by atoms with Crippen molar-refractivity contribution in [2.75, 3.05) is 0 Å². The molecule has 0 amide bonds. The van der Waals surface area contributed by atoms with Crippen LogP contribution < -0.4 is 0 Å². The first-order valence-corrected chi connectivity index (χ1v) is 41.9. The fraction of sp³-hybridized carbons (Fsp3) is 0.150. The Morgan fingerprint density at radius 3 is 1.07 bits per heavy atom. The average molecular weight is 1960 g/mol. The number of fused-ring (bicyclic) bond motifs is 8. The Morgan fingerprint density at radius 1 is 0.285 bits per heavy atom. The van der Waals surface area contributed by atoms with E-state index < -0.39 is 0 Å². The zero-order valence-electron chi connectivity index (χ0n) is 71.0. The Morgan fingerprint density at radius 2 is 0.642 bits per heavy atom. The summed E-state index contributed by atoms with van der Waals surface area (Å²) < 4.78 is 4.44. The van der Waals surface area contributed by atoms with Crippen LogP contribution in [0.1, 0.15) is 128 Å². The molecule has 8 nitrogen and oxygen atoms in total. The van der Waals surface area contributed by atoms with Gasteiger partial charge in [-0.25, -0.2) is 9.97 Å². The summed E-state index contributed by atoms with van der Waals surface area (Å²) in [4.78, 5) is 21.3. The molecule has 2 aliphatic carbocycles. The molecule has 0 atom stereocenters. The van der Waals surface area contributed by atoms with Gasteiger partial charge in [0.2, 0.25) is 0 Å². The second-order valence-electron chi connectivity index (χ2n) is 35.9. The summed E-state index contributed by atoms with van der Waals surface area (Å²) in [7, 11) is 0. The normalized spacial score (nSPS) is 12.9. The number of aromatic hydroxyl groups is 2. The van der Waals surface area contributed by atoms with Crippen molar-refractivity contribution in [2.24, 2.45) is 0 Å². The predicted octanol–water partition coefficient (Wildman–Crippen LogP) is 28.4. The zero-order valence-corrected chi connectivity index (χ0v) is 75.6. The number of benzene rings is 14. The first kappa shape index (κ1) is 82.6. The van der Waals surface area contributed by atoms with E-state index in [-0.39, 0.29) is 80.7 Å². The number of hydrogen-bond donors (Lipinski definition) is 2. The number of para-hydroxylation sites is 4. The molecule has 20 rings (SSSR count). The van der Waals surface area contributed by atoms with Gasteiger partial charge in [0.1, 0.15) is 23.1 Å². The quantitative estimate of drug-likeness (QED) is 0.112. The van der Waals surface area contributed by atoms with Crippen LogP contribution in [0.5, 0.6) is 11.5 Å². The van der Waals surface area contributed by atoms with Crippen LogP contribution in [-0.4, -0.2) is 39.3 Å². The van der Waals surface area contributed by atoms with Gasteiger partial charge in [-0.15, -0.1) is 53.1 Å². The Bertz CT molecular complexity index is 7090. The Hall–Kier alpha value is -12.7. The van der Waals surface area contributed by atoms with E-state index in [2.05, 4.69) is 390 Å². The van der Waals surface area contributed by atoms with Crippen LogP contribution in [-0.2, 0) is 69.2 Å². The Balaban J connectivity index is 0.000000172. The maximum atomic E-state index is 11.5. The van der Waals surface area contributed by atoms with E-state index in [4.69, 9.17) is 19.9 Å². The van der Waals surface area contributed by atoms with Gasteiger partial charge in [0.25, 0.3) is 0 Å². The SMILES string of the molecule is CC(C)(C)c1ccc(-n2c(-c3ccccc3O)nc3c(-c4[c-]c(-c5cc6c(cn5)C(C)(C)c5ccccc5-6)cc(-c5ccccc5)c4)cccc32)c(-c2ccccc2)c1.CC(C)(C)c1ccc(-n2c(-c3ccccc3O)nc3c(-c4[c-]c(-c5cc6c(cn5)C(C)(C)c5ccccc5-6)cc(C(C)(C)c5ccccc5)c4)cccc32)c(-c2ccccc2)c1.[Pt].[Pt]. The molecule has 610 valence electrons. The third-order valence-corrected chi connectivity index (χ3v) is 25.2. The topological polar surface area (TPSA) is 102 Å². The number of phenolic OH excluding ortho intramolecular Hbond substituents is 2. The summed E-state index contributed by atoms with van der Waals surface area (Å²) >= 11 is 0. The van der Waals surface area contributed by atoms with Gasteiger partial charge in [-0.1, -0.05) is 354 Å². The summed E-state index contributed by atoms with van der Waals surface area (Å²) in [5, 5.41) is 22.9. The minimum atomic E-state index is -0.348. The van der Waals surface area contributed by atoms with Crippen LogP contribution in [0, 0.1) is 12.1 Å². The first-order chi connectivity index (χ1) is 58.4. The van der Waals surface area contributed by atoms with Gasteiger partial charge < -0.3 is 10.2 Å². The van der Waals surface area contributed by atoms with Crippen molar-refractivity contribution in [2.45, 2.75) is 110 Å². The minimum Gasteiger partial charge on any atom is -0.507 e. The summed E-state index contributed by atoms with van der Waals surface area (Å²) in [6, 6.07) is 122. The maximum Gasteiger partial charge on any atom is 0.148 e. The van der Waals surface area contributed by atoms with Gasteiger partial charge in [-0.05, 0) is 149 Å². The zero-order chi connectivity index (χ0) is 83.4. The van der Waals surface area contributed by atoms with Crippen LogP contribution >= 0.6 is 0 Å². The largest absolute Gasteiger partial charge is 0.507 e. The fourth-order valence-corrected chi connectivity index (χ4v) is 18.2. The molecule has 0 saturated carbocycles. The van der Waals surface area contributed by atoms with Crippen molar-refractivity contribution < 1.29 is 52.3 Å². The van der Waals surface area contributed by atoms with E-state index in [1.165, 1.54) is 61.2 Å². The van der Waals surface area contributed by atoms with E-state index in [0.29, 0.717) is 22.8 Å². The monoisotopic (exact) mass is 1960 g/mol. The number of nitrogens with zero attached hydrogens (tertiary/aromatic N) is 6. The summed E-state index contributed by atoms with van der Waals surface area (Å²) in [5.41, 5.74) is 34.8. The summed E-state index contributed by atoms with van der Waals surface area (Å²) in [6.07, 6.45) is 4.13. The van der Waals surface area contributed by atoms with Gasteiger partial charge in [0.05, 0.1) is 44.6 Å². The third-order valence-electron chi connectivity index (χ3n) is 25.2. The molecule has 18 aromatic rings. The van der Waals surface area contributed by atoms with Gasteiger partial charge >= 0.3 is 0 Å². The standard InChI is InChI=1S/C58H50N3O.C55H44N3O.2Pt/c1-56(2,3)41-29-30-51(46(34-41)37-19-10-8-11-20-37)61-52-27-18-25-43(54(52)60-55(61)45-24-15-17-28-53(45)62)38-31-39(33-42(32-38)57(4,5)40-21-12-9-13-22-40)50-35-47-44-23-14-16-26-48(44)58(6,7)49(47)36-59-50;1-54(2,3)40-27-28-49(44(32-40)36-19-10-7-11-20-36)58-50-25-16-23-41(52(50)57-53(58)43-22-13-15-26-51(43)59)38-29-37(35-17-8-6-9-18-35)30-39(31-38)48-33-45-42-21-12-14-24-46(42)55(4,5)47(45)34-56-48;;/h8-30,32-36,62H,1-7H3;6-30,32-34,59H,1-5H3;;/q2*-1;;. The van der Waals surface area contributed by atoms with Crippen molar-refractivity contribution >= 4 is 22.1 Å². The molecule has 0 unspecified atom stereocenters. The molecular weight excluding hydrogens is 1860 g/mol. The summed E-state index contributed by atoms with van der Waals surface area (Å²) in [5.74, 6) is 1.66. The molecule has 0 saturated heterocycles. The van der Waals surface area contributed by atoms with E-state index in [1.54, 1.807) is 12.1 Å². The van der Waals surface area contributed by atoms with Gasteiger partial charge in [0, 0.05) is 93.3 Å². The van der Waals surface area contributed by atoms with Crippen molar-refractivity contribution in [3.05, 3.63) is 397 Å². The van der Waals surface area contributed by atoms with Gasteiger partial charge in [-0.3, -0.25) is 19.1 Å². The Labute approximate surface area is 750 Å². The first-order valence-electron chi connectivity index (χ1n) is 41.9. The molecule has 2 N–H and O–H groups in total. The molecule has 0 aliphatic heterocycles. The molecule has 123 heavy (non-hydrogen) atoms. The smallest absolute Gasteiger partial charge is 0.148 e. The molecule has 0 radical (unpaired) electrons. The van der Waals surface area contributed by atoms with E-state index in [9.17, 15) is 10.2 Å². The molecular formula is C113H94N6O2Pt2-2. The number of imidazole rings is 2. The van der Waals surface area contributed by atoms with Crippen LogP contribution in [0.15, 0.2) is 340 Å². The third kappa shape index (κ3) is 14.8. The van der Waals surface area contributed by atoms with Crippen LogP contribution in [0.25, 0.3) is 157 Å². The van der Waals surface area contributed by atoms with E-state index in [0.717, 1.165) is 117 Å². The minimum absolute atomic E-state index is 0. The van der Waals surface area contributed by atoms with Crippen LogP contribution in [0.3, 0.4) is 0 Å². The fourth-order valence-electron chi connectivity index (χ4n) is 18.2. The molecule has 0 bridgehead atoms. The molecule has 4 aromatic heterocycles. The molecule has 2 aliphatic rings. The van der Waals surface area contributed by atoms with Gasteiger partial charge in [-0.2, -0.15) is 0 Å². The van der Waals surface area contributed by atoms with Gasteiger partial charge in [0.15, 0.2) is 0 Å². The van der Waals surface area contributed by atoms with Crippen molar-refractivity contribution in [3.63, 3.8) is 0 Å². The van der Waals surface area contributed by atoms with Crippen LogP contribution in [0.4, 0.5) is 0 Å².